The molecule has 0 aliphatic carbocycles. The molecule has 204 valence electrons. The lowest BCUT2D eigenvalue weighted by Gasteiger charge is -2.28. The Hall–Kier alpha value is -4.50. The summed E-state index contributed by atoms with van der Waals surface area (Å²) in [6.07, 6.45) is 6.67. The van der Waals surface area contributed by atoms with E-state index in [0.29, 0.717) is 28.3 Å². The monoisotopic (exact) mass is 598 g/mol. The molecule has 1 aliphatic heterocycles. The molecule has 0 aromatic heterocycles. The normalized spacial score (nSPS) is 14.6. The standard InChI is InChI=1S/C27H27BrN4O7/c1-5-11-38-20-10-8-19(28)12-18(20)14-29-32-23(33)15-39-21-9-7-17(13-22(21)36-4)25-24(26(34)37-6-2)16(3)30-27(35)31-25/h1,7-10,12-14,25H,6,11,15H2,2-4H3,(H,32,33)(H2,30,31,35)/b29-14+/t25-/m0/s1. The number of benzene rings is 2. The molecular formula is C27H27BrN4O7. The Morgan fingerprint density at radius 1 is 1.18 bits per heavy atom. The highest BCUT2D eigenvalue weighted by Gasteiger charge is 2.32. The van der Waals surface area contributed by atoms with Gasteiger partial charge in [-0.2, -0.15) is 5.10 Å². The quantitative estimate of drug-likeness (QED) is 0.156. The minimum Gasteiger partial charge on any atom is -0.493 e. The molecule has 3 amide bonds. The molecule has 0 spiro atoms. The van der Waals surface area contributed by atoms with Crippen LogP contribution in [0, 0.1) is 12.3 Å². The minimum atomic E-state index is -0.772. The second-order valence-electron chi connectivity index (χ2n) is 7.96. The van der Waals surface area contributed by atoms with E-state index in [0.717, 1.165) is 4.47 Å². The third-order valence-corrected chi connectivity index (χ3v) is 5.81. The first kappa shape index (κ1) is 29.1. The van der Waals surface area contributed by atoms with Gasteiger partial charge in [-0.15, -0.1) is 6.42 Å². The number of carbonyl (C=O) groups is 3. The summed E-state index contributed by atoms with van der Waals surface area (Å²) in [7, 11) is 1.43. The van der Waals surface area contributed by atoms with E-state index in [2.05, 4.69) is 43.0 Å². The highest BCUT2D eigenvalue weighted by atomic mass is 79.9. The van der Waals surface area contributed by atoms with Gasteiger partial charge >= 0.3 is 12.0 Å². The van der Waals surface area contributed by atoms with Gasteiger partial charge in [0.15, 0.2) is 18.1 Å². The number of methoxy groups -OCH3 is 1. The van der Waals surface area contributed by atoms with Crippen LogP contribution in [0.3, 0.4) is 0 Å². The molecule has 0 unspecified atom stereocenters. The maximum atomic E-state index is 12.6. The van der Waals surface area contributed by atoms with Gasteiger partial charge in [-0.25, -0.2) is 15.0 Å². The van der Waals surface area contributed by atoms with Gasteiger partial charge in [-0.05, 0) is 49.7 Å². The summed E-state index contributed by atoms with van der Waals surface area (Å²) >= 11 is 3.38. The van der Waals surface area contributed by atoms with Gasteiger partial charge in [0.05, 0.1) is 31.5 Å². The number of esters is 1. The second-order valence-corrected chi connectivity index (χ2v) is 8.87. The van der Waals surface area contributed by atoms with Crippen LogP contribution in [0.4, 0.5) is 4.79 Å². The molecule has 0 bridgehead atoms. The molecule has 3 N–H and O–H groups in total. The first-order chi connectivity index (χ1) is 18.8. The van der Waals surface area contributed by atoms with Crippen molar-refractivity contribution in [3.8, 4) is 29.6 Å². The molecule has 2 aromatic rings. The van der Waals surface area contributed by atoms with Crippen LogP contribution in [-0.4, -0.2) is 51.1 Å². The molecule has 1 atom stereocenters. The fourth-order valence-corrected chi connectivity index (χ4v) is 4.01. The summed E-state index contributed by atoms with van der Waals surface area (Å²) in [5.41, 5.74) is 4.20. The van der Waals surface area contributed by atoms with Gasteiger partial charge < -0.3 is 29.6 Å². The van der Waals surface area contributed by atoms with E-state index in [-0.39, 0.29) is 31.1 Å². The summed E-state index contributed by atoms with van der Waals surface area (Å²) in [5, 5.41) is 9.26. The Morgan fingerprint density at radius 3 is 2.67 bits per heavy atom. The van der Waals surface area contributed by atoms with Crippen molar-refractivity contribution in [1.29, 1.82) is 0 Å². The predicted molar refractivity (Wildman–Crippen MR) is 146 cm³/mol. The second kappa shape index (κ2) is 13.9. The van der Waals surface area contributed by atoms with Gasteiger partial charge in [-0.1, -0.05) is 27.9 Å². The van der Waals surface area contributed by atoms with Gasteiger partial charge in [0, 0.05) is 15.7 Å². The number of hydrogen-bond acceptors (Lipinski definition) is 8. The first-order valence-corrected chi connectivity index (χ1v) is 12.5. The lowest BCUT2D eigenvalue weighted by molar-refractivity contribution is -0.139. The predicted octanol–water partition coefficient (Wildman–Crippen LogP) is 3.19. The van der Waals surface area contributed by atoms with E-state index >= 15 is 0 Å². The average Bonchev–Trinajstić information content (AvgIpc) is 2.91. The van der Waals surface area contributed by atoms with Crippen LogP contribution in [0.1, 0.15) is 31.0 Å². The van der Waals surface area contributed by atoms with Crippen LogP contribution < -0.4 is 30.3 Å². The van der Waals surface area contributed by atoms with Crippen molar-refractivity contribution in [2.45, 2.75) is 19.9 Å². The number of amides is 3. The van der Waals surface area contributed by atoms with Gasteiger partial charge in [0.25, 0.3) is 5.91 Å². The van der Waals surface area contributed by atoms with Gasteiger partial charge in [0.2, 0.25) is 0 Å². The number of rotatable bonds is 11. The zero-order valence-corrected chi connectivity index (χ0v) is 23.1. The van der Waals surface area contributed by atoms with E-state index in [1.807, 2.05) is 0 Å². The third-order valence-electron chi connectivity index (χ3n) is 5.32. The number of urea groups is 1. The van der Waals surface area contributed by atoms with Crippen LogP contribution in [0.25, 0.3) is 0 Å². The fraction of sp³-hybridized carbons (Fsp3) is 0.259. The number of allylic oxidation sites excluding steroid dienone is 1. The van der Waals surface area contributed by atoms with Crippen LogP contribution >= 0.6 is 15.9 Å². The number of nitrogens with one attached hydrogen (secondary N) is 3. The van der Waals surface area contributed by atoms with Crippen molar-refractivity contribution in [2.24, 2.45) is 5.10 Å². The Morgan fingerprint density at radius 2 is 1.95 bits per heavy atom. The summed E-state index contributed by atoms with van der Waals surface area (Å²) in [6, 6.07) is 8.90. The molecule has 3 rings (SSSR count). The Kier molecular flexibility index (Phi) is 10.3. The number of carbonyl (C=O) groups excluding carboxylic acids is 3. The lowest BCUT2D eigenvalue weighted by atomic mass is 9.95. The summed E-state index contributed by atoms with van der Waals surface area (Å²) in [5.74, 6) is 2.40. The first-order valence-electron chi connectivity index (χ1n) is 11.7. The molecule has 0 saturated carbocycles. The van der Waals surface area contributed by atoms with Crippen LogP contribution in [0.15, 0.2) is 57.2 Å². The van der Waals surface area contributed by atoms with E-state index in [4.69, 9.17) is 25.4 Å². The molecule has 11 nitrogen and oxygen atoms in total. The average molecular weight is 599 g/mol. The number of hydrogen-bond donors (Lipinski definition) is 3. The van der Waals surface area contributed by atoms with E-state index < -0.39 is 23.9 Å². The Labute approximate surface area is 234 Å². The molecule has 1 heterocycles. The maximum absolute atomic E-state index is 12.6. The topological polar surface area (TPSA) is 137 Å². The number of hydrazone groups is 1. The zero-order valence-electron chi connectivity index (χ0n) is 21.5. The smallest absolute Gasteiger partial charge is 0.338 e. The van der Waals surface area contributed by atoms with Gasteiger partial charge in [0.1, 0.15) is 12.4 Å². The number of halogens is 1. The van der Waals surface area contributed by atoms with Crippen LogP contribution in [0.2, 0.25) is 0 Å². The maximum Gasteiger partial charge on any atom is 0.338 e. The molecule has 0 fully saturated rings. The molecule has 12 heteroatoms. The largest absolute Gasteiger partial charge is 0.493 e. The number of terminal acetylenes is 1. The van der Waals surface area contributed by atoms with Crippen molar-refractivity contribution in [3.05, 3.63) is 63.3 Å². The number of nitrogens with zero attached hydrogens (tertiary/aromatic N) is 1. The third kappa shape index (κ3) is 7.75. The lowest BCUT2D eigenvalue weighted by Crippen LogP contribution is -2.45. The van der Waals surface area contributed by atoms with Gasteiger partial charge in [-0.3, -0.25) is 4.79 Å². The Balaban J connectivity index is 1.68. The summed E-state index contributed by atoms with van der Waals surface area (Å²) < 4.78 is 22.5. The summed E-state index contributed by atoms with van der Waals surface area (Å²) in [4.78, 5) is 37.0. The molecule has 39 heavy (non-hydrogen) atoms. The van der Waals surface area contributed by atoms with E-state index in [9.17, 15) is 14.4 Å². The molecule has 1 aliphatic rings. The van der Waals surface area contributed by atoms with Crippen molar-refractivity contribution in [2.75, 3.05) is 26.9 Å². The van der Waals surface area contributed by atoms with Crippen molar-refractivity contribution < 1.29 is 33.3 Å². The van der Waals surface area contributed by atoms with Crippen molar-refractivity contribution in [1.82, 2.24) is 16.1 Å². The van der Waals surface area contributed by atoms with Crippen LogP contribution in [-0.2, 0) is 14.3 Å². The fourth-order valence-electron chi connectivity index (χ4n) is 3.63. The highest BCUT2D eigenvalue weighted by Crippen LogP contribution is 2.34. The summed E-state index contributed by atoms with van der Waals surface area (Å²) in [6.45, 7) is 3.23. The minimum absolute atomic E-state index is 0.0906. The van der Waals surface area contributed by atoms with Crippen molar-refractivity contribution >= 4 is 40.1 Å². The van der Waals surface area contributed by atoms with Crippen molar-refractivity contribution in [3.63, 3.8) is 0 Å². The van der Waals surface area contributed by atoms with Crippen LogP contribution in [0.5, 0.6) is 17.2 Å². The molecule has 0 saturated heterocycles. The highest BCUT2D eigenvalue weighted by molar-refractivity contribution is 9.10. The van der Waals surface area contributed by atoms with E-state index in [1.165, 1.54) is 13.3 Å². The molecule has 0 radical (unpaired) electrons. The zero-order chi connectivity index (χ0) is 28.4. The molecule has 2 aromatic carbocycles. The Bertz CT molecular complexity index is 1350. The SMILES string of the molecule is C#CCOc1ccc(Br)cc1/C=N/NC(=O)COc1ccc([C@@H]2NC(=O)NC(C)=C2C(=O)OCC)cc1OC. The van der Waals surface area contributed by atoms with E-state index in [1.54, 1.807) is 50.2 Å². The number of ether oxygens (including phenoxy) is 4. The molecular weight excluding hydrogens is 572 g/mol.